The Balaban J connectivity index is 1.20. The first-order valence-corrected chi connectivity index (χ1v) is 12.6. The minimum absolute atomic E-state index is 0.207. The number of benzene rings is 3. The summed E-state index contributed by atoms with van der Waals surface area (Å²) in [4.78, 5) is 12.1. The number of ether oxygens (including phenoxy) is 1. The second-order valence-corrected chi connectivity index (χ2v) is 9.92. The average Bonchev–Trinajstić information content (AvgIpc) is 3.32. The molecule has 0 aliphatic heterocycles. The van der Waals surface area contributed by atoms with Gasteiger partial charge in [0.05, 0.1) is 12.0 Å². The van der Waals surface area contributed by atoms with Crippen molar-refractivity contribution in [2.24, 2.45) is 5.10 Å². The predicted molar refractivity (Wildman–Crippen MR) is 137 cm³/mol. The Morgan fingerprint density at radius 3 is 2.67 bits per heavy atom. The van der Waals surface area contributed by atoms with Crippen LogP contribution in [0.4, 0.5) is 0 Å². The molecule has 6 nitrogen and oxygen atoms in total. The van der Waals surface area contributed by atoms with Crippen molar-refractivity contribution in [1.82, 2.24) is 15.6 Å². The van der Waals surface area contributed by atoms with Crippen LogP contribution in [-0.4, -0.2) is 28.1 Å². The summed E-state index contributed by atoms with van der Waals surface area (Å²) in [6.07, 6.45) is 1.60. The molecule has 1 aromatic heterocycles. The zero-order valence-electron chi connectivity index (χ0n) is 17.3. The van der Waals surface area contributed by atoms with Crippen molar-refractivity contribution >= 4 is 51.2 Å². The van der Waals surface area contributed by atoms with Gasteiger partial charge < -0.3 is 4.74 Å². The summed E-state index contributed by atoms with van der Waals surface area (Å²) in [5.41, 5.74) is 5.49. The first-order chi connectivity index (χ1) is 16.2. The third-order valence-electron chi connectivity index (χ3n) is 4.33. The summed E-state index contributed by atoms with van der Waals surface area (Å²) in [6.45, 7) is 0.488. The fourth-order valence-corrected chi connectivity index (χ4v) is 4.84. The van der Waals surface area contributed by atoms with Gasteiger partial charge in [-0.3, -0.25) is 4.79 Å². The molecule has 0 saturated heterocycles. The maximum absolute atomic E-state index is 12.1. The highest BCUT2D eigenvalue weighted by molar-refractivity contribution is 9.10. The lowest BCUT2D eigenvalue weighted by molar-refractivity contribution is -0.118. The highest BCUT2D eigenvalue weighted by atomic mass is 79.9. The first kappa shape index (κ1) is 23.2. The van der Waals surface area contributed by atoms with Crippen LogP contribution in [0.15, 0.2) is 92.8 Å². The Labute approximate surface area is 208 Å². The average molecular weight is 539 g/mol. The van der Waals surface area contributed by atoms with Gasteiger partial charge in [0.2, 0.25) is 0 Å². The molecule has 1 heterocycles. The van der Waals surface area contributed by atoms with E-state index in [2.05, 4.69) is 36.7 Å². The van der Waals surface area contributed by atoms with E-state index < -0.39 is 0 Å². The van der Waals surface area contributed by atoms with Crippen molar-refractivity contribution in [3.05, 3.63) is 94.5 Å². The standard InChI is InChI=1S/C24H19BrN4O2S2/c25-20-8-4-5-18(13-20)15-31-21-11-9-17(10-12-21)14-26-27-22(30)16-32-24-29-28-23(33-24)19-6-2-1-3-7-19/h1-14H,15-16H2,(H,27,30). The minimum atomic E-state index is -0.207. The molecule has 9 heteroatoms. The van der Waals surface area contributed by atoms with Crippen LogP contribution in [0.3, 0.4) is 0 Å². The SMILES string of the molecule is O=C(CSc1nnc(-c2ccccc2)s1)NN=Cc1ccc(OCc2cccc(Br)c2)cc1. The van der Waals surface area contributed by atoms with Crippen LogP contribution in [-0.2, 0) is 11.4 Å². The molecule has 166 valence electrons. The van der Waals surface area contributed by atoms with Gasteiger partial charge in [0.1, 0.15) is 17.4 Å². The number of hydrogen-bond acceptors (Lipinski definition) is 7. The summed E-state index contributed by atoms with van der Waals surface area (Å²) in [5.74, 6) is 0.768. The van der Waals surface area contributed by atoms with E-state index in [1.165, 1.54) is 23.1 Å². The van der Waals surface area contributed by atoms with Crippen molar-refractivity contribution in [2.75, 3.05) is 5.75 Å². The number of thioether (sulfide) groups is 1. The van der Waals surface area contributed by atoms with E-state index in [4.69, 9.17) is 4.74 Å². The van der Waals surface area contributed by atoms with Crippen molar-refractivity contribution < 1.29 is 9.53 Å². The smallest absolute Gasteiger partial charge is 0.250 e. The molecule has 0 aliphatic carbocycles. The molecule has 4 aromatic rings. The maximum Gasteiger partial charge on any atom is 0.250 e. The van der Waals surface area contributed by atoms with Crippen molar-refractivity contribution in [1.29, 1.82) is 0 Å². The minimum Gasteiger partial charge on any atom is -0.489 e. The molecule has 0 radical (unpaired) electrons. The van der Waals surface area contributed by atoms with E-state index in [1.54, 1.807) is 6.21 Å². The number of halogens is 1. The van der Waals surface area contributed by atoms with Crippen LogP contribution in [0.2, 0.25) is 0 Å². The van der Waals surface area contributed by atoms with E-state index in [0.29, 0.717) is 6.61 Å². The van der Waals surface area contributed by atoms with Crippen LogP contribution in [0, 0.1) is 0 Å². The lowest BCUT2D eigenvalue weighted by Gasteiger charge is -2.06. The van der Waals surface area contributed by atoms with Gasteiger partial charge in [-0.15, -0.1) is 10.2 Å². The van der Waals surface area contributed by atoms with E-state index in [-0.39, 0.29) is 11.7 Å². The number of carbonyl (C=O) groups is 1. The van der Waals surface area contributed by atoms with Crippen LogP contribution >= 0.6 is 39.0 Å². The first-order valence-electron chi connectivity index (χ1n) is 9.97. The van der Waals surface area contributed by atoms with Gasteiger partial charge in [-0.1, -0.05) is 81.5 Å². The lowest BCUT2D eigenvalue weighted by Crippen LogP contribution is -2.19. The number of hydrogen-bond donors (Lipinski definition) is 1. The number of amides is 1. The van der Waals surface area contributed by atoms with E-state index in [0.717, 1.165) is 36.3 Å². The molecule has 0 spiro atoms. The fourth-order valence-electron chi connectivity index (χ4n) is 2.75. The summed E-state index contributed by atoms with van der Waals surface area (Å²) >= 11 is 6.25. The Morgan fingerprint density at radius 1 is 1.06 bits per heavy atom. The third kappa shape index (κ3) is 7.24. The Kier molecular flexibility index (Phi) is 8.24. The molecule has 0 bridgehead atoms. The van der Waals surface area contributed by atoms with Crippen LogP contribution in [0.25, 0.3) is 10.6 Å². The number of hydrazone groups is 1. The molecule has 1 N–H and O–H groups in total. The number of carbonyl (C=O) groups excluding carboxylic acids is 1. The van der Waals surface area contributed by atoms with Crippen molar-refractivity contribution in [2.45, 2.75) is 10.9 Å². The van der Waals surface area contributed by atoms with E-state index in [1.807, 2.05) is 78.9 Å². The van der Waals surface area contributed by atoms with Gasteiger partial charge in [0.15, 0.2) is 4.34 Å². The van der Waals surface area contributed by atoms with Gasteiger partial charge >= 0.3 is 0 Å². The molecule has 0 saturated carbocycles. The van der Waals surface area contributed by atoms with Crippen LogP contribution in [0.5, 0.6) is 5.75 Å². The zero-order chi connectivity index (χ0) is 22.9. The van der Waals surface area contributed by atoms with E-state index in [9.17, 15) is 4.79 Å². The molecule has 4 rings (SSSR count). The quantitative estimate of drug-likeness (QED) is 0.166. The molecule has 0 aliphatic rings. The Morgan fingerprint density at radius 2 is 1.88 bits per heavy atom. The van der Waals surface area contributed by atoms with Crippen molar-refractivity contribution in [3.63, 3.8) is 0 Å². The second kappa shape index (κ2) is 11.7. The number of nitrogens with one attached hydrogen (secondary N) is 1. The van der Waals surface area contributed by atoms with Gasteiger partial charge in [-0.2, -0.15) is 5.10 Å². The zero-order valence-corrected chi connectivity index (χ0v) is 20.6. The molecule has 0 atom stereocenters. The molecule has 33 heavy (non-hydrogen) atoms. The molecule has 3 aromatic carbocycles. The third-order valence-corrected chi connectivity index (χ3v) is 6.93. The Bertz CT molecular complexity index is 1230. The van der Waals surface area contributed by atoms with Gasteiger partial charge in [-0.05, 0) is 47.5 Å². The largest absolute Gasteiger partial charge is 0.489 e. The summed E-state index contributed by atoms with van der Waals surface area (Å²) in [5, 5.41) is 13.2. The molecule has 0 fully saturated rings. The molecular weight excluding hydrogens is 520 g/mol. The molecule has 1 amide bonds. The normalized spacial score (nSPS) is 10.9. The highest BCUT2D eigenvalue weighted by Gasteiger charge is 2.09. The van der Waals surface area contributed by atoms with E-state index >= 15 is 0 Å². The monoisotopic (exact) mass is 538 g/mol. The Hall–Kier alpha value is -3.01. The fraction of sp³-hybridized carbons (Fsp3) is 0.0833. The second-order valence-electron chi connectivity index (χ2n) is 6.81. The molecular formula is C24H19BrN4O2S2. The number of nitrogens with zero attached hydrogens (tertiary/aromatic N) is 3. The van der Waals surface area contributed by atoms with Crippen LogP contribution in [0.1, 0.15) is 11.1 Å². The summed E-state index contributed by atoms with van der Waals surface area (Å²) < 4.78 is 7.57. The summed E-state index contributed by atoms with van der Waals surface area (Å²) in [7, 11) is 0. The lowest BCUT2D eigenvalue weighted by atomic mass is 10.2. The maximum atomic E-state index is 12.1. The number of aromatic nitrogens is 2. The molecule has 0 unspecified atom stereocenters. The topological polar surface area (TPSA) is 76.5 Å². The number of rotatable bonds is 9. The summed E-state index contributed by atoms with van der Waals surface area (Å²) in [6, 6.07) is 25.3. The van der Waals surface area contributed by atoms with Crippen molar-refractivity contribution in [3.8, 4) is 16.3 Å². The highest BCUT2D eigenvalue weighted by Crippen LogP contribution is 2.28. The van der Waals surface area contributed by atoms with Gasteiger partial charge in [0, 0.05) is 10.0 Å². The van der Waals surface area contributed by atoms with Gasteiger partial charge in [0.25, 0.3) is 5.91 Å². The predicted octanol–water partition coefficient (Wildman–Crippen LogP) is 5.79. The van der Waals surface area contributed by atoms with Crippen LogP contribution < -0.4 is 10.2 Å². The van der Waals surface area contributed by atoms with Gasteiger partial charge in [-0.25, -0.2) is 5.43 Å².